The lowest BCUT2D eigenvalue weighted by Crippen LogP contribution is -2.36. The fourth-order valence-electron chi connectivity index (χ4n) is 2.09. The lowest BCUT2D eigenvalue weighted by atomic mass is 10.3. The van der Waals surface area contributed by atoms with Crippen molar-refractivity contribution in [1.82, 2.24) is 4.90 Å². The molecule has 1 aromatic carbocycles. The quantitative estimate of drug-likeness (QED) is 0.801. The summed E-state index contributed by atoms with van der Waals surface area (Å²) in [6.07, 6.45) is 0.761. The average Bonchev–Trinajstić information content (AvgIpc) is 2.67. The number of thioether (sulfide) groups is 1. The van der Waals surface area contributed by atoms with Crippen molar-refractivity contribution in [2.24, 2.45) is 0 Å². The van der Waals surface area contributed by atoms with E-state index in [1.165, 1.54) is 12.2 Å². The molecular weight excluding hydrogens is 260 g/mol. The van der Waals surface area contributed by atoms with Crippen molar-refractivity contribution in [2.45, 2.75) is 12.5 Å². The van der Waals surface area contributed by atoms with Crippen molar-refractivity contribution in [3.05, 3.63) is 24.3 Å². The Hall–Kier alpha value is -0.910. The molecule has 0 saturated carbocycles. The van der Waals surface area contributed by atoms with Crippen LogP contribution in [-0.4, -0.2) is 53.9 Å². The second kappa shape index (κ2) is 7.62. The largest absolute Gasteiger partial charge is 0.491 e. The van der Waals surface area contributed by atoms with Gasteiger partial charge in [0.05, 0.1) is 0 Å². The van der Waals surface area contributed by atoms with Crippen molar-refractivity contribution >= 4 is 17.4 Å². The molecule has 0 aliphatic carbocycles. The summed E-state index contributed by atoms with van der Waals surface area (Å²) in [5.74, 6) is 3.14. The third-order valence-electron chi connectivity index (χ3n) is 3.11. The highest BCUT2D eigenvalue weighted by atomic mass is 32.2. The number of β-amino-alcohol motifs (C(OH)–C–C–N with tert-alkyl or cyclic N) is 1. The minimum Gasteiger partial charge on any atom is -0.491 e. The molecule has 5 heteroatoms. The first kappa shape index (κ1) is 14.5. The molecule has 1 aliphatic heterocycles. The molecule has 1 aliphatic rings. The molecule has 0 spiro atoms. The number of nitrogen functional groups attached to an aromatic ring is 1. The van der Waals surface area contributed by atoms with Crippen molar-refractivity contribution in [3.63, 3.8) is 0 Å². The fourth-order valence-corrected chi connectivity index (χ4v) is 3.01. The molecule has 1 unspecified atom stereocenters. The number of hydrogen-bond donors (Lipinski definition) is 2. The van der Waals surface area contributed by atoms with E-state index < -0.39 is 6.10 Å². The Morgan fingerprint density at radius 1 is 1.26 bits per heavy atom. The predicted octanol–water partition coefficient (Wildman–Crippen LogP) is 1.45. The SMILES string of the molecule is Nc1ccc(OCC(O)CN2CCCSCC2)cc1. The Kier molecular flexibility index (Phi) is 5.82. The minimum atomic E-state index is -0.444. The lowest BCUT2D eigenvalue weighted by Gasteiger charge is -2.22. The number of benzene rings is 1. The van der Waals surface area contributed by atoms with Gasteiger partial charge in [-0.25, -0.2) is 0 Å². The Balaban J connectivity index is 1.71. The van der Waals surface area contributed by atoms with E-state index in [0.717, 1.165) is 30.3 Å². The van der Waals surface area contributed by atoms with E-state index >= 15 is 0 Å². The highest BCUT2D eigenvalue weighted by Gasteiger charge is 2.14. The van der Waals surface area contributed by atoms with Crippen LogP contribution >= 0.6 is 11.8 Å². The van der Waals surface area contributed by atoms with Gasteiger partial charge < -0.3 is 15.6 Å². The third kappa shape index (κ3) is 5.30. The van der Waals surface area contributed by atoms with E-state index in [1.54, 1.807) is 12.1 Å². The van der Waals surface area contributed by atoms with Gasteiger partial charge in [-0.05, 0) is 43.0 Å². The lowest BCUT2D eigenvalue weighted by molar-refractivity contribution is 0.0708. The van der Waals surface area contributed by atoms with Crippen molar-refractivity contribution in [1.29, 1.82) is 0 Å². The second-order valence-electron chi connectivity index (χ2n) is 4.80. The average molecular weight is 282 g/mol. The summed E-state index contributed by atoms with van der Waals surface area (Å²) >= 11 is 1.99. The first-order valence-corrected chi connectivity index (χ1v) is 7.86. The molecule has 1 aromatic rings. The molecular formula is C14H22N2O2S. The van der Waals surface area contributed by atoms with E-state index in [1.807, 2.05) is 23.9 Å². The van der Waals surface area contributed by atoms with Gasteiger partial charge in [0, 0.05) is 24.5 Å². The molecule has 19 heavy (non-hydrogen) atoms. The first-order valence-electron chi connectivity index (χ1n) is 6.70. The van der Waals surface area contributed by atoms with Gasteiger partial charge in [-0.2, -0.15) is 11.8 Å². The van der Waals surface area contributed by atoms with Gasteiger partial charge in [-0.1, -0.05) is 0 Å². The molecule has 4 nitrogen and oxygen atoms in total. The summed E-state index contributed by atoms with van der Waals surface area (Å²) in [4.78, 5) is 2.32. The van der Waals surface area contributed by atoms with Crippen molar-refractivity contribution < 1.29 is 9.84 Å². The van der Waals surface area contributed by atoms with E-state index in [2.05, 4.69) is 4.90 Å². The molecule has 0 amide bonds. The molecule has 0 radical (unpaired) electrons. The molecule has 3 N–H and O–H groups in total. The predicted molar refractivity (Wildman–Crippen MR) is 80.7 cm³/mol. The number of nitrogens with zero attached hydrogens (tertiary/aromatic N) is 1. The maximum atomic E-state index is 10.0. The maximum absolute atomic E-state index is 10.0. The molecule has 0 bridgehead atoms. The van der Waals surface area contributed by atoms with Gasteiger partial charge in [0.1, 0.15) is 18.5 Å². The third-order valence-corrected chi connectivity index (χ3v) is 4.15. The van der Waals surface area contributed by atoms with Crippen molar-refractivity contribution in [3.8, 4) is 5.75 Å². The van der Waals surface area contributed by atoms with Crippen LogP contribution in [0, 0.1) is 0 Å². The Morgan fingerprint density at radius 3 is 2.84 bits per heavy atom. The summed E-state index contributed by atoms with van der Waals surface area (Å²) in [5.41, 5.74) is 6.33. The van der Waals surface area contributed by atoms with Gasteiger partial charge in [-0.15, -0.1) is 0 Å². The topological polar surface area (TPSA) is 58.7 Å². The Bertz CT molecular complexity index is 364. The standard InChI is InChI=1S/C14H22N2O2S/c15-12-2-4-14(5-3-12)18-11-13(17)10-16-6-1-8-19-9-7-16/h2-5,13,17H,1,6-11,15H2. The van der Waals surface area contributed by atoms with Crippen LogP contribution in [-0.2, 0) is 0 Å². The van der Waals surface area contributed by atoms with E-state index in [-0.39, 0.29) is 0 Å². The zero-order chi connectivity index (χ0) is 13.5. The van der Waals surface area contributed by atoms with Crippen molar-refractivity contribution in [2.75, 3.05) is 43.5 Å². The fraction of sp³-hybridized carbons (Fsp3) is 0.571. The van der Waals surface area contributed by atoms with Crippen LogP contribution in [0.4, 0.5) is 5.69 Å². The molecule has 1 atom stereocenters. The van der Waals surface area contributed by atoms with Crippen LogP contribution in [0.25, 0.3) is 0 Å². The minimum absolute atomic E-state index is 0.327. The van der Waals surface area contributed by atoms with Crippen LogP contribution in [0.15, 0.2) is 24.3 Å². The summed E-state index contributed by atoms with van der Waals surface area (Å²) in [6.45, 7) is 3.15. The normalized spacial score (nSPS) is 18.8. The summed E-state index contributed by atoms with van der Waals surface area (Å²) in [6, 6.07) is 7.25. The molecule has 106 valence electrons. The molecule has 0 aromatic heterocycles. The second-order valence-corrected chi connectivity index (χ2v) is 6.03. The van der Waals surface area contributed by atoms with Gasteiger partial charge in [-0.3, -0.25) is 4.90 Å². The van der Waals surface area contributed by atoms with Crippen LogP contribution in [0.2, 0.25) is 0 Å². The van der Waals surface area contributed by atoms with Crippen LogP contribution < -0.4 is 10.5 Å². The number of hydrogen-bond acceptors (Lipinski definition) is 5. The van der Waals surface area contributed by atoms with Gasteiger partial charge in [0.2, 0.25) is 0 Å². The summed E-state index contributed by atoms with van der Waals surface area (Å²) in [5, 5.41) is 10.0. The zero-order valence-corrected chi connectivity index (χ0v) is 11.9. The number of rotatable bonds is 5. The number of anilines is 1. The van der Waals surface area contributed by atoms with Crippen LogP contribution in [0.3, 0.4) is 0 Å². The Labute approximate surface area is 118 Å². The highest BCUT2D eigenvalue weighted by Crippen LogP contribution is 2.14. The van der Waals surface area contributed by atoms with E-state index in [4.69, 9.17) is 10.5 Å². The van der Waals surface area contributed by atoms with Gasteiger partial charge in [0.15, 0.2) is 0 Å². The van der Waals surface area contributed by atoms with Gasteiger partial charge >= 0.3 is 0 Å². The molecule has 1 saturated heterocycles. The Morgan fingerprint density at radius 2 is 2.05 bits per heavy atom. The summed E-state index contributed by atoms with van der Waals surface area (Å²) < 4.78 is 5.56. The molecule has 1 heterocycles. The maximum Gasteiger partial charge on any atom is 0.119 e. The molecule has 2 rings (SSSR count). The van der Waals surface area contributed by atoms with E-state index in [9.17, 15) is 5.11 Å². The number of nitrogens with two attached hydrogens (primary N) is 1. The number of ether oxygens (including phenoxy) is 1. The monoisotopic (exact) mass is 282 g/mol. The number of aliphatic hydroxyl groups excluding tert-OH is 1. The number of aliphatic hydroxyl groups is 1. The highest BCUT2D eigenvalue weighted by molar-refractivity contribution is 7.99. The molecule has 1 fully saturated rings. The first-order chi connectivity index (χ1) is 9.24. The van der Waals surface area contributed by atoms with E-state index in [0.29, 0.717) is 13.2 Å². The van der Waals surface area contributed by atoms with Crippen LogP contribution in [0.5, 0.6) is 5.75 Å². The van der Waals surface area contributed by atoms with Crippen LogP contribution in [0.1, 0.15) is 6.42 Å². The summed E-state index contributed by atoms with van der Waals surface area (Å²) in [7, 11) is 0. The van der Waals surface area contributed by atoms with Gasteiger partial charge in [0.25, 0.3) is 0 Å². The zero-order valence-electron chi connectivity index (χ0n) is 11.1. The smallest absolute Gasteiger partial charge is 0.119 e.